The van der Waals surface area contributed by atoms with Crippen LogP contribution >= 0.6 is 0 Å². The number of nitrogens with one attached hydrogen (secondary N) is 1. The third-order valence-electron chi connectivity index (χ3n) is 0.635. The highest BCUT2D eigenvalue weighted by Crippen LogP contribution is 1.84. The maximum atomic E-state index is 3.70. The third kappa shape index (κ3) is 0.407. The second-order valence-electron chi connectivity index (χ2n) is 1.28. The largest absolute Gasteiger partial charge is 0.285 e. The predicted molar refractivity (Wildman–Crippen MR) is 25.4 cm³/mol. The van der Waals surface area contributed by atoms with Crippen LogP contribution < -0.4 is 0 Å². The standard InChI is InChI=1S/C4H6N2.H2/c1-4-2-5-6-3-4;/h2-3H,1H3,(H,5,6);1H. The van der Waals surface area contributed by atoms with Crippen molar-refractivity contribution in [2.75, 3.05) is 0 Å². The minimum atomic E-state index is 0. The Labute approximate surface area is 37.7 Å². The summed E-state index contributed by atoms with van der Waals surface area (Å²) >= 11 is 0. The molecule has 0 bridgehead atoms. The summed E-state index contributed by atoms with van der Waals surface area (Å²) in [6.07, 6.45) is 3.62. The van der Waals surface area contributed by atoms with Crippen molar-refractivity contribution < 1.29 is 1.43 Å². The van der Waals surface area contributed by atoms with Gasteiger partial charge in [0.2, 0.25) is 0 Å². The van der Waals surface area contributed by atoms with Crippen LogP contribution in [0.3, 0.4) is 0 Å². The van der Waals surface area contributed by atoms with Crippen LogP contribution in [0.2, 0.25) is 0 Å². The van der Waals surface area contributed by atoms with Gasteiger partial charge in [-0.25, -0.2) is 0 Å². The van der Waals surface area contributed by atoms with Gasteiger partial charge < -0.3 is 0 Å². The van der Waals surface area contributed by atoms with Crippen LogP contribution in [0, 0.1) is 6.92 Å². The number of nitrogens with zero attached hydrogens (tertiary/aromatic N) is 1. The zero-order valence-electron chi connectivity index (χ0n) is 3.60. The molecule has 0 radical (unpaired) electrons. The average molecular weight is 84.1 g/mol. The van der Waals surface area contributed by atoms with E-state index in [4.69, 9.17) is 0 Å². The molecule has 0 amide bonds. The summed E-state index contributed by atoms with van der Waals surface area (Å²) in [5.74, 6) is 0. The van der Waals surface area contributed by atoms with Crippen LogP contribution in [-0.4, -0.2) is 10.2 Å². The van der Waals surface area contributed by atoms with Crippen LogP contribution in [0.4, 0.5) is 0 Å². The second kappa shape index (κ2) is 1.12. The molecular formula is C4H8N2. The van der Waals surface area contributed by atoms with E-state index in [1.807, 2.05) is 13.1 Å². The molecule has 0 aliphatic rings. The molecule has 0 saturated heterocycles. The van der Waals surface area contributed by atoms with Gasteiger partial charge >= 0.3 is 0 Å². The number of hydrogen-bond acceptors (Lipinski definition) is 1. The second-order valence-corrected chi connectivity index (χ2v) is 1.28. The first-order chi connectivity index (χ1) is 2.89. The van der Waals surface area contributed by atoms with Crippen molar-refractivity contribution in [3.63, 3.8) is 0 Å². The third-order valence-corrected chi connectivity index (χ3v) is 0.635. The lowest BCUT2D eigenvalue weighted by atomic mass is 10.4. The fourth-order valence-electron chi connectivity index (χ4n) is 0.315. The van der Waals surface area contributed by atoms with Gasteiger partial charge in [0.25, 0.3) is 0 Å². The number of aromatic amines is 1. The van der Waals surface area contributed by atoms with E-state index in [1.165, 1.54) is 5.56 Å². The highest BCUT2D eigenvalue weighted by atomic mass is 15.1. The summed E-state index contributed by atoms with van der Waals surface area (Å²) in [5.41, 5.74) is 1.18. The van der Waals surface area contributed by atoms with E-state index in [0.29, 0.717) is 0 Å². The monoisotopic (exact) mass is 84.1 g/mol. The van der Waals surface area contributed by atoms with E-state index in [-0.39, 0.29) is 1.43 Å². The van der Waals surface area contributed by atoms with Gasteiger partial charge in [0.15, 0.2) is 0 Å². The van der Waals surface area contributed by atoms with Gasteiger partial charge in [-0.05, 0) is 12.5 Å². The molecule has 0 fully saturated rings. The van der Waals surface area contributed by atoms with Gasteiger partial charge in [0.05, 0.1) is 6.20 Å². The van der Waals surface area contributed by atoms with E-state index in [9.17, 15) is 0 Å². The molecule has 0 aliphatic carbocycles. The average Bonchev–Trinajstić information content (AvgIpc) is 1.86. The van der Waals surface area contributed by atoms with Crippen molar-refractivity contribution in [2.24, 2.45) is 0 Å². The summed E-state index contributed by atoms with van der Waals surface area (Å²) in [6.45, 7) is 1.99. The molecule has 0 unspecified atom stereocenters. The quantitative estimate of drug-likeness (QED) is 0.498. The Hall–Kier alpha value is -0.790. The Bertz CT molecular complexity index is 113. The molecule has 2 nitrogen and oxygen atoms in total. The van der Waals surface area contributed by atoms with Crippen molar-refractivity contribution in [2.45, 2.75) is 6.92 Å². The van der Waals surface area contributed by atoms with Crippen molar-refractivity contribution in [1.82, 2.24) is 10.2 Å². The Morgan fingerprint density at radius 3 is 3.00 bits per heavy atom. The van der Waals surface area contributed by atoms with Gasteiger partial charge in [0.1, 0.15) is 0 Å². The normalized spacial score (nSPS) is 8.83. The van der Waals surface area contributed by atoms with E-state index in [2.05, 4.69) is 10.2 Å². The van der Waals surface area contributed by atoms with E-state index < -0.39 is 0 Å². The fourth-order valence-corrected chi connectivity index (χ4v) is 0.315. The molecule has 1 rings (SSSR count). The maximum Gasteiger partial charge on any atom is 0.0516 e. The molecule has 0 atom stereocenters. The molecule has 2 heteroatoms. The Balaban J connectivity index is 0.000000360. The molecule has 0 saturated carbocycles. The highest BCUT2D eigenvalue weighted by Gasteiger charge is 1.74. The first-order valence-electron chi connectivity index (χ1n) is 1.85. The van der Waals surface area contributed by atoms with Gasteiger partial charge in [0, 0.05) is 7.62 Å². The first kappa shape index (κ1) is 3.40. The molecule has 34 valence electrons. The minimum absolute atomic E-state index is 0. The molecule has 0 aromatic carbocycles. The van der Waals surface area contributed by atoms with Crippen LogP contribution in [0.5, 0.6) is 0 Å². The summed E-state index contributed by atoms with van der Waals surface area (Å²) in [6, 6.07) is 0. The maximum absolute atomic E-state index is 3.70. The number of aromatic nitrogens is 2. The number of H-pyrrole nitrogens is 1. The van der Waals surface area contributed by atoms with Crippen LogP contribution in [0.25, 0.3) is 0 Å². The summed E-state index contributed by atoms with van der Waals surface area (Å²) < 4.78 is 0. The predicted octanol–water partition coefficient (Wildman–Crippen LogP) is 0.964. The molecular weight excluding hydrogens is 76.1 g/mol. The zero-order valence-corrected chi connectivity index (χ0v) is 3.60. The summed E-state index contributed by atoms with van der Waals surface area (Å²) in [4.78, 5) is 0. The number of aryl methyl sites for hydroxylation is 1. The zero-order chi connectivity index (χ0) is 4.41. The van der Waals surface area contributed by atoms with Gasteiger partial charge in [-0.1, -0.05) is 0 Å². The Morgan fingerprint density at radius 1 is 2.00 bits per heavy atom. The number of hydrogen-bond donors (Lipinski definition) is 1. The van der Waals surface area contributed by atoms with Crippen molar-refractivity contribution in [3.05, 3.63) is 18.0 Å². The topological polar surface area (TPSA) is 28.7 Å². The molecule has 1 aromatic rings. The molecule has 1 heterocycles. The number of rotatable bonds is 0. The molecule has 1 N–H and O–H groups in total. The Morgan fingerprint density at radius 2 is 2.83 bits per heavy atom. The Kier molecular flexibility index (Phi) is 0.638. The lowest BCUT2D eigenvalue weighted by Crippen LogP contribution is -1.53. The lowest BCUT2D eigenvalue weighted by Gasteiger charge is -1.62. The van der Waals surface area contributed by atoms with Gasteiger partial charge in [-0.3, -0.25) is 5.10 Å². The lowest BCUT2D eigenvalue weighted by molar-refractivity contribution is 1.09. The first-order valence-corrected chi connectivity index (χ1v) is 1.85. The molecule has 0 aliphatic heterocycles. The van der Waals surface area contributed by atoms with Crippen molar-refractivity contribution in [1.29, 1.82) is 0 Å². The highest BCUT2D eigenvalue weighted by molar-refractivity contribution is 4.96. The van der Waals surface area contributed by atoms with Crippen LogP contribution in [0.1, 0.15) is 6.99 Å². The molecule has 1 aromatic heterocycles. The smallest absolute Gasteiger partial charge is 0.0516 e. The van der Waals surface area contributed by atoms with E-state index >= 15 is 0 Å². The van der Waals surface area contributed by atoms with Gasteiger partial charge in [-0.15, -0.1) is 0 Å². The van der Waals surface area contributed by atoms with Crippen molar-refractivity contribution >= 4 is 0 Å². The van der Waals surface area contributed by atoms with E-state index in [1.54, 1.807) is 6.20 Å². The fraction of sp³-hybridized carbons (Fsp3) is 0.250. The minimum Gasteiger partial charge on any atom is -0.285 e. The van der Waals surface area contributed by atoms with Crippen molar-refractivity contribution in [3.8, 4) is 0 Å². The molecule has 0 spiro atoms. The summed E-state index contributed by atoms with van der Waals surface area (Å²) in [7, 11) is 0. The van der Waals surface area contributed by atoms with E-state index in [0.717, 1.165) is 0 Å². The van der Waals surface area contributed by atoms with Gasteiger partial charge in [-0.2, -0.15) is 5.10 Å². The summed E-state index contributed by atoms with van der Waals surface area (Å²) in [5, 5.41) is 6.38. The molecule has 6 heavy (non-hydrogen) atoms. The van der Waals surface area contributed by atoms with Crippen LogP contribution in [-0.2, 0) is 0 Å². The van der Waals surface area contributed by atoms with Crippen LogP contribution in [0.15, 0.2) is 12.4 Å². The SMILES string of the molecule is Cc1cn[nH]c1.[HH].